The lowest BCUT2D eigenvalue weighted by atomic mass is 10.2. The first-order valence-corrected chi connectivity index (χ1v) is 10.3. The molecule has 2 heterocycles. The highest BCUT2D eigenvalue weighted by molar-refractivity contribution is 7.21. The molecule has 0 radical (unpaired) electrons. The molecule has 3 aromatic rings. The number of nitrogens with zero attached hydrogens (tertiary/aromatic N) is 1. The van der Waals surface area contributed by atoms with Crippen molar-refractivity contribution in [2.45, 2.75) is 6.54 Å². The number of carbonyl (C=O) groups excluding carboxylic acids is 1. The standard InChI is InChI=1S/C21H21ClN2O3S/c1-26-16-6-7-17-18(12-16)28-20(19(17)22)21(25)23-13-14-2-4-15(5-3-14)24-8-10-27-11-9-24/h2-7,12H,8-11,13H2,1H3,(H,23,25). The van der Waals surface area contributed by atoms with Gasteiger partial charge in [0, 0.05) is 35.4 Å². The minimum atomic E-state index is -0.164. The number of hydrogen-bond acceptors (Lipinski definition) is 5. The molecule has 0 atom stereocenters. The summed E-state index contributed by atoms with van der Waals surface area (Å²) in [4.78, 5) is 15.5. The third kappa shape index (κ3) is 3.94. The van der Waals surface area contributed by atoms with Crippen LogP contribution in [0.25, 0.3) is 10.1 Å². The topological polar surface area (TPSA) is 50.8 Å². The van der Waals surface area contributed by atoms with Gasteiger partial charge in [-0.25, -0.2) is 0 Å². The van der Waals surface area contributed by atoms with Crippen molar-refractivity contribution in [3.8, 4) is 5.75 Å². The maximum absolute atomic E-state index is 12.6. The minimum absolute atomic E-state index is 0.164. The van der Waals surface area contributed by atoms with Crippen LogP contribution in [-0.2, 0) is 11.3 Å². The van der Waals surface area contributed by atoms with Gasteiger partial charge in [0.1, 0.15) is 10.6 Å². The summed E-state index contributed by atoms with van der Waals surface area (Å²) in [7, 11) is 1.62. The fourth-order valence-electron chi connectivity index (χ4n) is 3.23. The van der Waals surface area contributed by atoms with Gasteiger partial charge in [-0.05, 0) is 35.9 Å². The Kier molecular flexibility index (Phi) is 5.71. The Labute approximate surface area is 172 Å². The minimum Gasteiger partial charge on any atom is -0.497 e. The molecule has 28 heavy (non-hydrogen) atoms. The van der Waals surface area contributed by atoms with Crippen LogP contribution in [0.4, 0.5) is 5.69 Å². The molecule has 1 aliphatic heterocycles. The zero-order valence-electron chi connectivity index (χ0n) is 15.5. The molecule has 146 valence electrons. The van der Waals surface area contributed by atoms with Crippen LogP contribution in [0.5, 0.6) is 5.75 Å². The molecule has 1 aliphatic rings. The Morgan fingerprint density at radius 1 is 1.21 bits per heavy atom. The number of fused-ring (bicyclic) bond motifs is 1. The van der Waals surface area contributed by atoms with Crippen LogP contribution in [0.3, 0.4) is 0 Å². The summed E-state index contributed by atoms with van der Waals surface area (Å²) in [6.07, 6.45) is 0. The van der Waals surface area contributed by atoms with Crippen LogP contribution in [0.2, 0.25) is 5.02 Å². The summed E-state index contributed by atoms with van der Waals surface area (Å²) in [5, 5.41) is 4.32. The van der Waals surface area contributed by atoms with E-state index in [1.54, 1.807) is 7.11 Å². The summed E-state index contributed by atoms with van der Waals surface area (Å²) in [6, 6.07) is 13.9. The first-order chi connectivity index (χ1) is 13.7. The van der Waals surface area contributed by atoms with E-state index in [9.17, 15) is 4.79 Å². The number of rotatable bonds is 5. The van der Waals surface area contributed by atoms with E-state index in [-0.39, 0.29) is 5.91 Å². The quantitative estimate of drug-likeness (QED) is 0.672. The highest BCUT2D eigenvalue weighted by atomic mass is 35.5. The van der Waals surface area contributed by atoms with E-state index in [4.69, 9.17) is 21.1 Å². The van der Waals surface area contributed by atoms with Crippen molar-refractivity contribution in [1.29, 1.82) is 0 Å². The molecular formula is C21H21ClN2O3S. The second-order valence-electron chi connectivity index (χ2n) is 6.56. The lowest BCUT2D eigenvalue weighted by Crippen LogP contribution is -2.36. The second-order valence-corrected chi connectivity index (χ2v) is 7.99. The number of thiophene rings is 1. The molecule has 0 saturated carbocycles. The van der Waals surface area contributed by atoms with Gasteiger partial charge in [0.05, 0.1) is 25.3 Å². The number of methoxy groups -OCH3 is 1. The SMILES string of the molecule is COc1ccc2c(Cl)c(C(=O)NCc3ccc(N4CCOCC4)cc3)sc2c1. The summed E-state index contributed by atoms with van der Waals surface area (Å²) < 4.78 is 11.6. The smallest absolute Gasteiger partial charge is 0.263 e. The Morgan fingerprint density at radius 3 is 2.68 bits per heavy atom. The van der Waals surface area contributed by atoms with Gasteiger partial charge in [-0.1, -0.05) is 23.7 Å². The average molecular weight is 417 g/mol. The van der Waals surface area contributed by atoms with Crippen molar-refractivity contribution < 1.29 is 14.3 Å². The summed E-state index contributed by atoms with van der Waals surface area (Å²) >= 11 is 7.80. The largest absolute Gasteiger partial charge is 0.497 e. The molecule has 1 aromatic heterocycles. The zero-order valence-corrected chi connectivity index (χ0v) is 17.1. The van der Waals surface area contributed by atoms with E-state index >= 15 is 0 Å². The maximum Gasteiger partial charge on any atom is 0.263 e. The summed E-state index contributed by atoms with van der Waals surface area (Å²) in [5.74, 6) is 0.583. The number of anilines is 1. The van der Waals surface area contributed by atoms with Crippen molar-refractivity contribution >= 4 is 44.6 Å². The Hall–Kier alpha value is -2.28. The Morgan fingerprint density at radius 2 is 1.96 bits per heavy atom. The van der Waals surface area contributed by atoms with Gasteiger partial charge in [-0.2, -0.15) is 0 Å². The van der Waals surface area contributed by atoms with E-state index in [1.165, 1.54) is 17.0 Å². The molecule has 4 rings (SSSR count). The normalized spacial score (nSPS) is 14.3. The molecule has 1 fully saturated rings. The van der Waals surface area contributed by atoms with Crippen LogP contribution in [0.1, 0.15) is 15.2 Å². The molecule has 2 aromatic carbocycles. The van der Waals surface area contributed by atoms with Gasteiger partial charge < -0.3 is 19.7 Å². The van der Waals surface area contributed by atoms with E-state index in [2.05, 4.69) is 22.3 Å². The van der Waals surface area contributed by atoms with Crippen LogP contribution >= 0.6 is 22.9 Å². The van der Waals surface area contributed by atoms with Crippen LogP contribution in [0, 0.1) is 0 Å². The first-order valence-electron chi connectivity index (χ1n) is 9.11. The molecule has 1 saturated heterocycles. The Balaban J connectivity index is 1.42. The summed E-state index contributed by atoms with van der Waals surface area (Å²) in [6.45, 7) is 3.80. The number of benzene rings is 2. The van der Waals surface area contributed by atoms with Crippen LogP contribution in [0.15, 0.2) is 42.5 Å². The number of hydrogen-bond donors (Lipinski definition) is 1. The van der Waals surface area contributed by atoms with E-state index in [0.29, 0.717) is 16.4 Å². The van der Waals surface area contributed by atoms with Crippen LogP contribution in [-0.4, -0.2) is 39.3 Å². The van der Waals surface area contributed by atoms with Crippen LogP contribution < -0.4 is 15.0 Å². The van der Waals surface area contributed by atoms with E-state index < -0.39 is 0 Å². The number of nitrogens with one attached hydrogen (secondary N) is 1. The molecule has 0 unspecified atom stereocenters. The number of halogens is 1. The van der Waals surface area contributed by atoms with Crippen molar-refractivity contribution in [2.24, 2.45) is 0 Å². The average Bonchev–Trinajstić information content (AvgIpc) is 3.09. The Bertz CT molecular complexity index is 981. The number of amides is 1. The lowest BCUT2D eigenvalue weighted by molar-refractivity contribution is 0.0955. The molecule has 1 amide bonds. The predicted octanol–water partition coefficient (Wildman–Crippen LogP) is 4.33. The fraction of sp³-hybridized carbons (Fsp3) is 0.286. The van der Waals surface area contributed by atoms with Gasteiger partial charge >= 0.3 is 0 Å². The third-order valence-electron chi connectivity index (χ3n) is 4.81. The van der Waals surface area contributed by atoms with Crippen molar-refractivity contribution in [3.63, 3.8) is 0 Å². The second kappa shape index (κ2) is 8.39. The predicted molar refractivity (Wildman–Crippen MR) is 114 cm³/mol. The molecular weight excluding hydrogens is 396 g/mol. The molecule has 7 heteroatoms. The van der Waals surface area contributed by atoms with Gasteiger partial charge in [0.2, 0.25) is 0 Å². The molecule has 0 spiro atoms. The maximum atomic E-state index is 12.6. The van der Waals surface area contributed by atoms with Gasteiger partial charge in [-0.3, -0.25) is 4.79 Å². The third-order valence-corrected chi connectivity index (χ3v) is 6.46. The van der Waals surface area contributed by atoms with E-state index in [0.717, 1.165) is 47.7 Å². The number of carbonyl (C=O) groups is 1. The van der Waals surface area contributed by atoms with Gasteiger partial charge in [-0.15, -0.1) is 11.3 Å². The molecule has 0 bridgehead atoms. The number of morpholine rings is 1. The molecule has 5 nitrogen and oxygen atoms in total. The van der Waals surface area contributed by atoms with E-state index in [1.807, 2.05) is 30.3 Å². The fourth-order valence-corrected chi connectivity index (χ4v) is 4.69. The van der Waals surface area contributed by atoms with Crippen molar-refractivity contribution in [2.75, 3.05) is 38.3 Å². The lowest BCUT2D eigenvalue weighted by Gasteiger charge is -2.28. The summed E-state index contributed by atoms with van der Waals surface area (Å²) in [5.41, 5.74) is 2.23. The van der Waals surface area contributed by atoms with Gasteiger partial charge in [0.25, 0.3) is 5.91 Å². The van der Waals surface area contributed by atoms with Crippen molar-refractivity contribution in [1.82, 2.24) is 5.32 Å². The van der Waals surface area contributed by atoms with Crippen molar-refractivity contribution in [3.05, 3.63) is 57.9 Å². The first kappa shape index (κ1) is 19.1. The van der Waals surface area contributed by atoms with Gasteiger partial charge in [0.15, 0.2) is 0 Å². The molecule has 1 N–H and O–H groups in total. The number of ether oxygens (including phenoxy) is 2. The highest BCUT2D eigenvalue weighted by Gasteiger charge is 2.17. The monoisotopic (exact) mass is 416 g/mol. The highest BCUT2D eigenvalue weighted by Crippen LogP contribution is 2.37. The molecule has 0 aliphatic carbocycles. The zero-order chi connectivity index (χ0) is 19.5.